The van der Waals surface area contributed by atoms with Crippen molar-refractivity contribution in [2.75, 3.05) is 25.0 Å². The lowest BCUT2D eigenvalue weighted by atomic mass is 9.98. The van der Waals surface area contributed by atoms with Crippen LogP contribution in [0.15, 0.2) is 29.3 Å². The van der Waals surface area contributed by atoms with Crippen LogP contribution < -0.4 is 15.8 Å². The molecule has 29 heavy (non-hydrogen) atoms. The molecule has 164 valence electrons. The van der Waals surface area contributed by atoms with Crippen LogP contribution in [-0.2, 0) is 4.74 Å². The van der Waals surface area contributed by atoms with Crippen molar-refractivity contribution >= 4 is 41.7 Å². The van der Waals surface area contributed by atoms with Gasteiger partial charge in [0.05, 0.1) is 6.10 Å². The Morgan fingerprint density at radius 2 is 1.97 bits per heavy atom. The van der Waals surface area contributed by atoms with Crippen molar-refractivity contribution in [3.05, 3.63) is 24.3 Å². The number of carbonyl (C=O) groups excluding carboxylic acids is 1. The number of amides is 1. The second-order valence-corrected chi connectivity index (χ2v) is 8.48. The quantitative estimate of drug-likeness (QED) is 0.341. The summed E-state index contributed by atoms with van der Waals surface area (Å²) in [6.07, 6.45) is 1.86. The fourth-order valence-corrected chi connectivity index (χ4v) is 3.01. The van der Waals surface area contributed by atoms with Crippen molar-refractivity contribution in [1.82, 2.24) is 4.90 Å². The summed E-state index contributed by atoms with van der Waals surface area (Å²) in [6, 6.07) is 7.61. The summed E-state index contributed by atoms with van der Waals surface area (Å²) in [5.41, 5.74) is 6.40. The summed E-state index contributed by atoms with van der Waals surface area (Å²) in [5, 5.41) is 3.09. The minimum absolute atomic E-state index is 0. The van der Waals surface area contributed by atoms with Crippen molar-refractivity contribution < 1.29 is 14.3 Å². The number of ether oxygens (including phenoxy) is 2. The first-order valence-corrected chi connectivity index (χ1v) is 9.94. The van der Waals surface area contributed by atoms with E-state index in [1.54, 1.807) is 4.90 Å². The second kappa shape index (κ2) is 11.5. The number of benzene rings is 1. The number of nitrogens with one attached hydrogen (secondary N) is 1. The number of likely N-dealkylation sites (tertiary alicyclic amines) is 1. The van der Waals surface area contributed by atoms with E-state index in [2.05, 4.69) is 10.3 Å². The van der Waals surface area contributed by atoms with Gasteiger partial charge in [0.25, 0.3) is 0 Å². The molecule has 1 aromatic carbocycles. The molecule has 1 aromatic rings. The minimum Gasteiger partial charge on any atom is -0.491 e. The number of carbonyl (C=O) groups is 1. The lowest BCUT2D eigenvalue weighted by molar-refractivity contribution is 0.0171. The number of hydrogen-bond acceptors (Lipinski definition) is 4. The number of aliphatic imine (C=N–C) groups is 1. The van der Waals surface area contributed by atoms with Crippen molar-refractivity contribution in [1.29, 1.82) is 0 Å². The van der Waals surface area contributed by atoms with Gasteiger partial charge in [-0.15, -0.1) is 24.0 Å². The van der Waals surface area contributed by atoms with E-state index >= 15 is 0 Å². The van der Waals surface area contributed by atoms with Crippen LogP contribution in [0.4, 0.5) is 10.5 Å². The Morgan fingerprint density at radius 1 is 1.31 bits per heavy atom. The highest BCUT2D eigenvalue weighted by atomic mass is 127. The van der Waals surface area contributed by atoms with Gasteiger partial charge in [-0.05, 0) is 77.6 Å². The third kappa shape index (κ3) is 9.56. The van der Waals surface area contributed by atoms with Gasteiger partial charge >= 0.3 is 6.09 Å². The Balaban J connectivity index is 0.00000420. The Kier molecular flexibility index (Phi) is 10.0. The smallest absolute Gasteiger partial charge is 0.410 e. The number of halogens is 1. The molecule has 2 rings (SSSR count). The van der Waals surface area contributed by atoms with E-state index in [9.17, 15) is 4.79 Å². The molecule has 1 heterocycles. The summed E-state index contributed by atoms with van der Waals surface area (Å²) in [7, 11) is 0. The first kappa shape index (κ1) is 25.3. The number of anilines is 1. The first-order valence-electron chi connectivity index (χ1n) is 9.94. The highest BCUT2D eigenvalue weighted by Gasteiger charge is 2.27. The number of rotatable bonds is 5. The largest absolute Gasteiger partial charge is 0.491 e. The molecule has 1 saturated heterocycles. The van der Waals surface area contributed by atoms with Gasteiger partial charge in [0.1, 0.15) is 11.4 Å². The molecule has 0 saturated carbocycles. The molecule has 8 heteroatoms. The SMILES string of the molecule is CC(C)Oc1ccc(NC(N)=NCC2CCCN(C(=O)OC(C)(C)C)C2)cc1.I. The summed E-state index contributed by atoms with van der Waals surface area (Å²) in [4.78, 5) is 18.5. The molecular weight excluding hydrogens is 483 g/mol. The van der Waals surface area contributed by atoms with Gasteiger partial charge in [-0.25, -0.2) is 4.79 Å². The number of nitrogens with zero attached hydrogens (tertiary/aromatic N) is 2. The van der Waals surface area contributed by atoms with Gasteiger partial charge in [-0.2, -0.15) is 0 Å². The zero-order valence-electron chi connectivity index (χ0n) is 18.1. The van der Waals surface area contributed by atoms with E-state index < -0.39 is 5.60 Å². The van der Waals surface area contributed by atoms with E-state index in [0.717, 1.165) is 30.8 Å². The van der Waals surface area contributed by atoms with Gasteiger partial charge in [0, 0.05) is 25.3 Å². The topological polar surface area (TPSA) is 89.2 Å². The molecule has 0 bridgehead atoms. The zero-order valence-corrected chi connectivity index (χ0v) is 20.4. The lowest BCUT2D eigenvalue weighted by Gasteiger charge is -2.33. The Hall–Kier alpha value is -1.71. The summed E-state index contributed by atoms with van der Waals surface area (Å²) >= 11 is 0. The molecule has 0 spiro atoms. The van der Waals surface area contributed by atoms with Crippen molar-refractivity contribution in [3.8, 4) is 5.75 Å². The maximum Gasteiger partial charge on any atom is 0.410 e. The van der Waals surface area contributed by atoms with Crippen molar-refractivity contribution in [3.63, 3.8) is 0 Å². The number of nitrogens with two attached hydrogens (primary N) is 1. The van der Waals surface area contributed by atoms with Crippen LogP contribution in [0.1, 0.15) is 47.5 Å². The molecule has 0 aromatic heterocycles. The third-order valence-electron chi connectivity index (χ3n) is 4.19. The van der Waals surface area contributed by atoms with E-state index in [1.807, 2.05) is 58.9 Å². The van der Waals surface area contributed by atoms with Gasteiger partial charge in [0.15, 0.2) is 5.96 Å². The van der Waals surface area contributed by atoms with Crippen LogP contribution in [0.25, 0.3) is 0 Å². The lowest BCUT2D eigenvalue weighted by Crippen LogP contribution is -2.43. The summed E-state index contributed by atoms with van der Waals surface area (Å²) in [5.74, 6) is 1.47. The van der Waals surface area contributed by atoms with Gasteiger partial charge in [0.2, 0.25) is 0 Å². The normalized spacial score (nSPS) is 17.5. The van der Waals surface area contributed by atoms with Gasteiger partial charge in [-0.1, -0.05) is 0 Å². The standard InChI is InChI=1S/C21H34N4O3.HI/c1-15(2)27-18-10-8-17(9-11-18)24-19(22)23-13-16-7-6-12-25(14-16)20(26)28-21(3,4)5;/h8-11,15-16H,6-7,12-14H2,1-5H3,(H3,22,23,24);1H. The Morgan fingerprint density at radius 3 is 2.55 bits per heavy atom. The molecule has 7 nitrogen and oxygen atoms in total. The average Bonchev–Trinajstić information content (AvgIpc) is 2.60. The third-order valence-corrected chi connectivity index (χ3v) is 4.19. The van der Waals surface area contributed by atoms with Crippen LogP contribution in [0.3, 0.4) is 0 Å². The molecule has 3 N–H and O–H groups in total. The average molecular weight is 518 g/mol. The van der Waals surface area contributed by atoms with Crippen LogP contribution in [0.2, 0.25) is 0 Å². The van der Waals surface area contributed by atoms with Crippen LogP contribution in [-0.4, -0.2) is 48.3 Å². The molecule has 1 unspecified atom stereocenters. The van der Waals surface area contributed by atoms with E-state index in [-0.39, 0.29) is 42.1 Å². The highest BCUT2D eigenvalue weighted by Crippen LogP contribution is 2.20. The zero-order chi connectivity index (χ0) is 20.7. The maximum absolute atomic E-state index is 12.3. The first-order chi connectivity index (χ1) is 13.1. The molecule has 1 fully saturated rings. The predicted molar refractivity (Wildman–Crippen MR) is 128 cm³/mol. The van der Waals surface area contributed by atoms with Crippen LogP contribution >= 0.6 is 24.0 Å². The van der Waals surface area contributed by atoms with Crippen LogP contribution in [0, 0.1) is 5.92 Å². The number of guanidine groups is 1. The number of piperidine rings is 1. The monoisotopic (exact) mass is 518 g/mol. The Labute approximate surface area is 191 Å². The summed E-state index contributed by atoms with van der Waals surface area (Å²) in [6.45, 7) is 11.6. The maximum atomic E-state index is 12.3. The molecule has 0 radical (unpaired) electrons. The van der Waals surface area contributed by atoms with Crippen LogP contribution in [0.5, 0.6) is 5.75 Å². The molecule has 0 aliphatic carbocycles. The molecule has 1 amide bonds. The fourth-order valence-electron chi connectivity index (χ4n) is 3.01. The van der Waals surface area contributed by atoms with E-state index in [1.165, 1.54) is 0 Å². The van der Waals surface area contributed by atoms with Gasteiger partial charge in [-0.3, -0.25) is 4.99 Å². The van der Waals surface area contributed by atoms with Gasteiger partial charge < -0.3 is 25.4 Å². The van der Waals surface area contributed by atoms with Crippen molar-refractivity contribution in [2.24, 2.45) is 16.6 Å². The van der Waals surface area contributed by atoms with E-state index in [0.29, 0.717) is 19.0 Å². The molecule has 1 aliphatic heterocycles. The minimum atomic E-state index is -0.480. The fraction of sp³-hybridized carbons (Fsp3) is 0.619. The van der Waals surface area contributed by atoms with Crippen molar-refractivity contribution in [2.45, 2.75) is 59.2 Å². The predicted octanol–water partition coefficient (Wildman–Crippen LogP) is 4.47. The highest BCUT2D eigenvalue weighted by molar-refractivity contribution is 14.0. The van der Waals surface area contributed by atoms with E-state index in [4.69, 9.17) is 15.2 Å². The summed E-state index contributed by atoms with van der Waals surface area (Å²) < 4.78 is 11.1. The second-order valence-electron chi connectivity index (χ2n) is 8.48. The molecule has 1 aliphatic rings. The Bertz CT molecular complexity index is 671. The number of hydrogen-bond donors (Lipinski definition) is 2. The molecular formula is C21H35IN4O3. The molecule has 1 atom stereocenters.